The Morgan fingerprint density at radius 2 is 2.00 bits per heavy atom. The van der Waals surface area contributed by atoms with Crippen molar-refractivity contribution >= 4 is 27.5 Å². The third kappa shape index (κ3) is 4.85. The lowest BCUT2D eigenvalue weighted by Gasteiger charge is -2.46. The maximum atomic E-state index is 16.9. The topological polar surface area (TPSA) is 84.4 Å². The molecule has 8 nitrogen and oxygen atoms in total. The molecule has 4 aliphatic heterocycles. The van der Waals surface area contributed by atoms with E-state index in [0.717, 1.165) is 12.8 Å². The number of pyridine rings is 1. The molecule has 3 fully saturated rings. The van der Waals surface area contributed by atoms with Crippen molar-refractivity contribution in [2.45, 2.75) is 69.2 Å². The van der Waals surface area contributed by atoms with E-state index in [1.54, 1.807) is 29.2 Å². The van der Waals surface area contributed by atoms with E-state index >= 15 is 4.39 Å². The molecule has 0 unspecified atom stereocenters. The number of nitrogens with zero attached hydrogens (tertiary/aromatic N) is 4. The summed E-state index contributed by atoms with van der Waals surface area (Å²) in [5, 5.41) is 8.21. The minimum atomic E-state index is -2.81. The Labute approximate surface area is 269 Å². The van der Waals surface area contributed by atoms with Crippen molar-refractivity contribution in [3.8, 4) is 35.5 Å². The Morgan fingerprint density at radius 3 is 2.74 bits per heavy atom. The Hall–Kier alpha value is -4.21. The average molecular weight is 647 g/mol. The number of anilines is 1. The van der Waals surface area contributed by atoms with Gasteiger partial charge in [0.1, 0.15) is 40.9 Å². The average Bonchev–Trinajstić information content (AvgIpc) is 3.55. The largest absolute Gasteiger partial charge is 0.474 e. The van der Waals surface area contributed by atoms with Gasteiger partial charge in [0.15, 0.2) is 5.82 Å². The summed E-state index contributed by atoms with van der Waals surface area (Å²) in [4.78, 5) is 15.6. The molecule has 2 aromatic carbocycles. The molecule has 0 spiro atoms. The summed E-state index contributed by atoms with van der Waals surface area (Å²) >= 11 is 0. The minimum absolute atomic E-state index is 0.00904. The molecule has 0 saturated carbocycles. The Morgan fingerprint density at radius 1 is 1.15 bits per heavy atom. The Kier molecular flexibility index (Phi) is 7.00. The zero-order chi connectivity index (χ0) is 32.7. The van der Waals surface area contributed by atoms with Gasteiger partial charge in [-0.2, -0.15) is 9.97 Å². The van der Waals surface area contributed by atoms with Gasteiger partial charge in [0, 0.05) is 48.5 Å². The predicted octanol–water partition coefficient (Wildman–Crippen LogP) is 5.92. The van der Waals surface area contributed by atoms with Gasteiger partial charge in [-0.25, -0.2) is 22.5 Å². The molecule has 244 valence electrons. The summed E-state index contributed by atoms with van der Waals surface area (Å²) in [7, 11) is 0. The zero-order valence-electron chi connectivity index (χ0n) is 26.0. The number of hydrogen-bond donors (Lipinski definition) is 2. The summed E-state index contributed by atoms with van der Waals surface area (Å²) in [5.74, 6) is -1.25. The van der Waals surface area contributed by atoms with Gasteiger partial charge in [-0.1, -0.05) is 37.1 Å². The van der Waals surface area contributed by atoms with Crippen LogP contribution in [0.5, 0.6) is 11.9 Å². The Balaban J connectivity index is 1.31. The van der Waals surface area contributed by atoms with Gasteiger partial charge in [-0.3, -0.25) is 4.90 Å². The molecule has 4 aromatic rings. The molecule has 4 aliphatic rings. The molecule has 0 amide bonds. The number of halogens is 4. The fourth-order valence-electron chi connectivity index (χ4n) is 8.08. The number of fused-ring (bicyclic) bond motifs is 4. The third-order valence-corrected chi connectivity index (χ3v) is 10.5. The first-order chi connectivity index (χ1) is 22.6. The first-order valence-electron chi connectivity index (χ1n) is 16.1. The molecule has 2 aromatic heterocycles. The molecule has 0 radical (unpaired) electrons. The van der Waals surface area contributed by atoms with Crippen molar-refractivity contribution in [2.75, 3.05) is 31.6 Å². The number of terminal acetylenes is 1. The minimum Gasteiger partial charge on any atom is -0.474 e. The summed E-state index contributed by atoms with van der Waals surface area (Å²) in [5.41, 5.74) is -0.786. The van der Waals surface area contributed by atoms with Crippen molar-refractivity contribution in [3.05, 3.63) is 47.5 Å². The first kappa shape index (κ1) is 30.1. The second-order valence-electron chi connectivity index (χ2n) is 13.3. The van der Waals surface area contributed by atoms with Gasteiger partial charge in [-0.15, -0.1) is 6.42 Å². The molecule has 0 aliphatic carbocycles. The fourth-order valence-corrected chi connectivity index (χ4v) is 8.08. The van der Waals surface area contributed by atoms with Gasteiger partial charge in [0.25, 0.3) is 5.92 Å². The summed E-state index contributed by atoms with van der Waals surface area (Å²) in [6.07, 6.45) is 7.42. The highest BCUT2D eigenvalue weighted by Gasteiger charge is 2.60. The van der Waals surface area contributed by atoms with Gasteiger partial charge < -0.3 is 20.1 Å². The van der Waals surface area contributed by atoms with E-state index in [1.165, 1.54) is 6.07 Å². The smallest absolute Gasteiger partial charge is 0.319 e. The highest BCUT2D eigenvalue weighted by atomic mass is 19.3. The molecule has 8 rings (SSSR count). The molecule has 5 atom stereocenters. The van der Waals surface area contributed by atoms with E-state index in [0.29, 0.717) is 30.3 Å². The van der Waals surface area contributed by atoms with Crippen molar-refractivity contribution in [1.82, 2.24) is 25.2 Å². The predicted molar refractivity (Wildman–Crippen MR) is 170 cm³/mol. The first-order valence-corrected chi connectivity index (χ1v) is 16.1. The van der Waals surface area contributed by atoms with Crippen molar-refractivity contribution < 1.29 is 27.0 Å². The van der Waals surface area contributed by atoms with Crippen molar-refractivity contribution in [1.29, 1.82) is 0 Å². The van der Waals surface area contributed by atoms with Crippen LogP contribution in [0.25, 0.3) is 32.9 Å². The van der Waals surface area contributed by atoms with E-state index in [-0.39, 0.29) is 89.1 Å². The highest BCUT2D eigenvalue weighted by molar-refractivity contribution is 6.03. The molecule has 3 saturated heterocycles. The second kappa shape index (κ2) is 10.9. The maximum absolute atomic E-state index is 16.9. The van der Waals surface area contributed by atoms with E-state index in [4.69, 9.17) is 20.9 Å². The van der Waals surface area contributed by atoms with Gasteiger partial charge in [0.2, 0.25) is 5.88 Å². The van der Waals surface area contributed by atoms with E-state index < -0.39 is 23.1 Å². The summed E-state index contributed by atoms with van der Waals surface area (Å²) in [6.45, 7) is 4.77. The Bertz CT molecular complexity index is 1970. The number of nitrogens with one attached hydrogen (secondary N) is 2. The standard InChI is InChI=1S/C35H34F4N6O2/c1-4-21-24(36)10-9-19-7-6-8-22(26(19)21)29-28(37)30-27-31(40-14-20-13-23(25(5-2)41-20)18(3)47-32(27)42-29)44-33(43-30)46-17-34-11-12-45(34)16-35(38,39)15-34/h1,6-10,18,20,23,25,41H,5,11-17H2,2-3H3,(H,40,43,44)/t18-,20+,23+,25-,34-/m0/s1. The lowest BCUT2D eigenvalue weighted by Crippen LogP contribution is -2.59. The van der Waals surface area contributed by atoms with Gasteiger partial charge >= 0.3 is 6.01 Å². The molecule has 12 heteroatoms. The van der Waals surface area contributed by atoms with Crippen LogP contribution in [0.4, 0.5) is 23.4 Å². The summed E-state index contributed by atoms with van der Waals surface area (Å²) in [6, 6.07) is 8.15. The molecule has 2 bridgehead atoms. The third-order valence-electron chi connectivity index (χ3n) is 10.5. The monoisotopic (exact) mass is 646 g/mol. The number of rotatable bonds is 5. The number of hydrogen-bond acceptors (Lipinski definition) is 8. The van der Waals surface area contributed by atoms with Gasteiger partial charge in [0.05, 0.1) is 17.6 Å². The maximum Gasteiger partial charge on any atom is 0.319 e. The number of ether oxygens (including phenoxy) is 2. The summed E-state index contributed by atoms with van der Waals surface area (Å²) < 4.78 is 73.2. The number of aromatic nitrogens is 3. The normalized spacial score (nSPS) is 27.9. The van der Waals surface area contributed by atoms with Crippen LogP contribution in [0.15, 0.2) is 30.3 Å². The van der Waals surface area contributed by atoms with Crippen LogP contribution in [-0.4, -0.2) is 75.7 Å². The van der Waals surface area contributed by atoms with Gasteiger partial charge in [-0.05, 0) is 37.6 Å². The van der Waals surface area contributed by atoms with Crippen molar-refractivity contribution in [3.63, 3.8) is 0 Å². The van der Waals surface area contributed by atoms with Crippen LogP contribution >= 0.6 is 0 Å². The van der Waals surface area contributed by atoms with Crippen LogP contribution in [0, 0.1) is 29.9 Å². The van der Waals surface area contributed by atoms with Crippen molar-refractivity contribution in [2.24, 2.45) is 5.92 Å². The fraction of sp³-hybridized carbons (Fsp3) is 0.457. The number of benzene rings is 2. The molecular weight excluding hydrogens is 612 g/mol. The SMILES string of the molecule is C#Cc1c(F)ccc2cccc(-c3nc4c5c(nc(OC[C@@]67CCN6CC(F)(F)C7)nc5c3F)NC[C@H]3C[C@@H]([C@H](CC)N3)[C@H](C)O4)c12. The lowest BCUT2D eigenvalue weighted by molar-refractivity contribution is -0.0132. The molecule has 2 N–H and O–H groups in total. The molecular formula is C35H34F4N6O2. The number of alkyl halides is 2. The van der Waals surface area contributed by atoms with E-state index in [1.807, 2.05) is 6.92 Å². The lowest BCUT2D eigenvalue weighted by atomic mass is 9.85. The van der Waals surface area contributed by atoms with E-state index in [2.05, 4.69) is 33.4 Å². The highest BCUT2D eigenvalue weighted by Crippen LogP contribution is 2.48. The molecule has 6 heterocycles. The van der Waals surface area contributed by atoms with E-state index in [9.17, 15) is 13.2 Å². The van der Waals surface area contributed by atoms with Crippen LogP contribution < -0.4 is 20.1 Å². The van der Waals surface area contributed by atoms with Crippen LogP contribution in [0.3, 0.4) is 0 Å². The second-order valence-corrected chi connectivity index (χ2v) is 13.3. The zero-order valence-corrected chi connectivity index (χ0v) is 26.0. The quantitative estimate of drug-likeness (QED) is 0.205. The molecule has 47 heavy (non-hydrogen) atoms. The van der Waals surface area contributed by atoms with Crippen LogP contribution in [0.2, 0.25) is 0 Å². The van der Waals surface area contributed by atoms with Crippen LogP contribution in [0.1, 0.15) is 45.1 Å². The van der Waals surface area contributed by atoms with Crippen LogP contribution in [-0.2, 0) is 0 Å².